The first-order chi connectivity index (χ1) is 11.8. The van der Waals surface area contributed by atoms with Gasteiger partial charge in [-0.15, -0.1) is 0 Å². The first kappa shape index (κ1) is 18.7. The molecule has 2 aromatic rings. The first-order valence-corrected chi connectivity index (χ1v) is 9.48. The van der Waals surface area contributed by atoms with Crippen molar-refractivity contribution < 1.29 is 22.7 Å². The summed E-state index contributed by atoms with van der Waals surface area (Å²) in [6.45, 7) is 1.38. The van der Waals surface area contributed by atoms with Crippen LogP contribution >= 0.6 is 0 Å². The van der Waals surface area contributed by atoms with Crippen molar-refractivity contribution in [1.82, 2.24) is 5.32 Å². The van der Waals surface area contributed by atoms with Crippen molar-refractivity contribution in [2.75, 3.05) is 12.9 Å². The predicted octanol–water partition coefficient (Wildman–Crippen LogP) is 2.12. The van der Waals surface area contributed by atoms with Gasteiger partial charge in [-0.1, -0.05) is 36.4 Å². The molecule has 0 unspecified atom stereocenters. The standard InChI is InChI=1S/C18H19NO5S/c1-13(14-7-4-3-5-8-14)19-17(20)12-24-18(21)15-9-6-10-16(11-15)25(2,22)23/h3-11,13H,12H2,1-2H3,(H,19,20)/t13-/m1/s1. The monoisotopic (exact) mass is 361 g/mol. The van der Waals surface area contributed by atoms with Crippen LogP contribution in [0.1, 0.15) is 28.9 Å². The van der Waals surface area contributed by atoms with Crippen LogP contribution in [0, 0.1) is 0 Å². The van der Waals surface area contributed by atoms with Crippen molar-refractivity contribution in [3.05, 3.63) is 65.7 Å². The van der Waals surface area contributed by atoms with Crippen molar-refractivity contribution in [1.29, 1.82) is 0 Å². The molecule has 0 fully saturated rings. The molecule has 0 heterocycles. The van der Waals surface area contributed by atoms with Gasteiger partial charge in [0.05, 0.1) is 16.5 Å². The Bertz CT molecular complexity index is 862. The Morgan fingerprint density at radius 3 is 2.40 bits per heavy atom. The average Bonchev–Trinajstić information content (AvgIpc) is 2.59. The zero-order chi connectivity index (χ0) is 18.4. The Balaban J connectivity index is 1.92. The molecule has 7 heteroatoms. The minimum Gasteiger partial charge on any atom is -0.452 e. The first-order valence-electron chi connectivity index (χ1n) is 7.59. The van der Waals surface area contributed by atoms with Crippen LogP contribution in [-0.4, -0.2) is 33.2 Å². The van der Waals surface area contributed by atoms with Crippen LogP contribution in [-0.2, 0) is 19.4 Å². The van der Waals surface area contributed by atoms with Gasteiger partial charge in [-0.3, -0.25) is 4.79 Å². The van der Waals surface area contributed by atoms with Crippen LogP contribution in [0.25, 0.3) is 0 Å². The molecule has 0 radical (unpaired) electrons. The van der Waals surface area contributed by atoms with E-state index in [4.69, 9.17) is 4.74 Å². The van der Waals surface area contributed by atoms with Gasteiger partial charge in [0.25, 0.3) is 5.91 Å². The summed E-state index contributed by atoms with van der Waals surface area (Å²) in [6.07, 6.45) is 1.05. The van der Waals surface area contributed by atoms with Crippen LogP contribution < -0.4 is 5.32 Å². The van der Waals surface area contributed by atoms with Crippen LogP contribution in [0.15, 0.2) is 59.5 Å². The Morgan fingerprint density at radius 2 is 1.76 bits per heavy atom. The van der Waals surface area contributed by atoms with E-state index in [-0.39, 0.29) is 16.5 Å². The second-order valence-corrected chi connectivity index (χ2v) is 7.59. The second kappa shape index (κ2) is 7.94. The highest BCUT2D eigenvalue weighted by molar-refractivity contribution is 7.90. The normalized spacial score (nSPS) is 12.2. The van der Waals surface area contributed by atoms with Crippen LogP contribution in [0.4, 0.5) is 0 Å². The fourth-order valence-electron chi connectivity index (χ4n) is 2.18. The lowest BCUT2D eigenvalue weighted by Crippen LogP contribution is -2.31. The Kier molecular flexibility index (Phi) is 5.93. The van der Waals surface area contributed by atoms with Gasteiger partial charge >= 0.3 is 5.97 Å². The van der Waals surface area contributed by atoms with E-state index in [1.165, 1.54) is 24.3 Å². The number of amides is 1. The van der Waals surface area contributed by atoms with Crippen LogP contribution in [0.3, 0.4) is 0 Å². The smallest absolute Gasteiger partial charge is 0.338 e. The number of esters is 1. The number of benzene rings is 2. The van der Waals surface area contributed by atoms with Gasteiger partial charge in [-0.05, 0) is 30.7 Å². The molecule has 0 spiro atoms. The number of hydrogen-bond donors (Lipinski definition) is 1. The number of hydrogen-bond acceptors (Lipinski definition) is 5. The maximum Gasteiger partial charge on any atom is 0.338 e. The molecule has 2 rings (SSSR count). The fourth-order valence-corrected chi connectivity index (χ4v) is 2.84. The molecule has 1 atom stereocenters. The maximum absolute atomic E-state index is 12.0. The summed E-state index contributed by atoms with van der Waals surface area (Å²) < 4.78 is 28.0. The molecule has 1 N–H and O–H groups in total. The van der Waals surface area contributed by atoms with Gasteiger partial charge in [0.2, 0.25) is 0 Å². The van der Waals surface area contributed by atoms with Crippen molar-refractivity contribution in [3.63, 3.8) is 0 Å². The molecule has 25 heavy (non-hydrogen) atoms. The minimum atomic E-state index is -3.42. The number of ether oxygens (including phenoxy) is 1. The van der Waals surface area contributed by atoms with Gasteiger partial charge in [-0.25, -0.2) is 13.2 Å². The summed E-state index contributed by atoms with van der Waals surface area (Å²) >= 11 is 0. The lowest BCUT2D eigenvalue weighted by molar-refractivity contribution is -0.124. The van der Waals surface area contributed by atoms with Crippen LogP contribution in [0.2, 0.25) is 0 Å². The number of rotatable bonds is 6. The summed E-state index contributed by atoms with van der Waals surface area (Å²) in [5.41, 5.74) is 1.01. The van der Waals surface area contributed by atoms with Gasteiger partial charge in [0.1, 0.15) is 0 Å². The lowest BCUT2D eigenvalue weighted by Gasteiger charge is -2.14. The molecule has 6 nitrogen and oxygen atoms in total. The number of carbonyl (C=O) groups is 2. The van der Waals surface area contributed by atoms with Gasteiger partial charge in [0.15, 0.2) is 16.4 Å². The molecule has 0 saturated heterocycles. The van der Waals surface area contributed by atoms with E-state index < -0.39 is 28.3 Å². The zero-order valence-electron chi connectivity index (χ0n) is 13.9. The third-order valence-corrected chi connectivity index (χ3v) is 4.62. The highest BCUT2D eigenvalue weighted by Gasteiger charge is 2.15. The third-order valence-electron chi connectivity index (χ3n) is 3.51. The quantitative estimate of drug-likeness (QED) is 0.796. The molecule has 0 saturated carbocycles. The fraction of sp³-hybridized carbons (Fsp3) is 0.222. The molecule has 0 aliphatic rings. The second-order valence-electron chi connectivity index (χ2n) is 5.58. The highest BCUT2D eigenvalue weighted by atomic mass is 32.2. The number of sulfone groups is 1. The Labute approximate surface area is 146 Å². The van der Waals surface area contributed by atoms with Crippen molar-refractivity contribution in [2.24, 2.45) is 0 Å². The topological polar surface area (TPSA) is 89.5 Å². The Morgan fingerprint density at radius 1 is 1.08 bits per heavy atom. The predicted molar refractivity (Wildman–Crippen MR) is 92.8 cm³/mol. The molecular weight excluding hydrogens is 342 g/mol. The summed E-state index contributed by atoms with van der Waals surface area (Å²) in [5.74, 6) is -1.20. The average molecular weight is 361 g/mol. The largest absolute Gasteiger partial charge is 0.452 e. The van der Waals surface area contributed by atoms with E-state index in [0.717, 1.165) is 11.8 Å². The van der Waals surface area contributed by atoms with Gasteiger partial charge < -0.3 is 10.1 Å². The van der Waals surface area contributed by atoms with E-state index in [2.05, 4.69) is 5.32 Å². The zero-order valence-corrected chi connectivity index (χ0v) is 14.7. The van der Waals surface area contributed by atoms with E-state index in [1.54, 1.807) is 0 Å². The molecule has 0 aliphatic carbocycles. The van der Waals surface area contributed by atoms with E-state index in [1.807, 2.05) is 37.3 Å². The molecule has 1 amide bonds. The molecule has 132 valence electrons. The van der Waals surface area contributed by atoms with Crippen molar-refractivity contribution >= 4 is 21.7 Å². The summed E-state index contributed by atoms with van der Waals surface area (Å²) in [7, 11) is -3.42. The van der Waals surface area contributed by atoms with E-state index in [9.17, 15) is 18.0 Å². The number of carbonyl (C=O) groups excluding carboxylic acids is 2. The van der Waals surface area contributed by atoms with Gasteiger partial charge in [-0.2, -0.15) is 0 Å². The number of nitrogens with one attached hydrogen (secondary N) is 1. The SMILES string of the molecule is C[C@@H](NC(=O)COC(=O)c1cccc(S(C)(=O)=O)c1)c1ccccc1. The third kappa shape index (κ3) is 5.42. The van der Waals surface area contributed by atoms with Crippen LogP contribution in [0.5, 0.6) is 0 Å². The van der Waals surface area contributed by atoms with Crippen molar-refractivity contribution in [3.8, 4) is 0 Å². The summed E-state index contributed by atoms with van der Waals surface area (Å²) in [6, 6.07) is 14.7. The van der Waals surface area contributed by atoms with E-state index in [0.29, 0.717) is 0 Å². The van der Waals surface area contributed by atoms with Crippen molar-refractivity contribution in [2.45, 2.75) is 17.9 Å². The Hall–Kier alpha value is -2.67. The molecule has 0 bridgehead atoms. The summed E-state index contributed by atoms with van der Waals surface area (Å²) in [5, 5.41) is 2.73. The lowest BCUT2D eigenvalue weighted by atomic mass is 10.1. The molecular formula is C18H19NO5S. The summed E-state index contributed by atoms with van der Waals surface area (Å²) in [4.78, 5) is 23.9. The molecule has 0 aliphatic heterocycles. The molecule has 2 aromatic carbocycles. The highest BCUT2D eigenvalue weighted by Crippen LogP contribution is 2.13. The minimum absolute atomic E-state index is 0.0177. The van der Waals surface area contributed by atoms with Gasteiger partial charge in [0, 0.05) is 6.26 Å². The maximum atomic E-state index is 12.0. The molecule has 0 aromatic heterocycles. The van der Waals surface area contributed by atoms with E-state index >= 15 is 0 Å².